The number of amides is 2. The van der Waals surface area contributed by atoms with E-state index in [4.69, 9.17) is 9.47 Å². The van der Waals surface area contributed by atoms with E-state index >= 15 is 0 Å². The molecule has 3 rings (SSSR count). The van der Waals surface area contributed by atoms with Gasteiger partial charge in [0.1, 0.15) is 6.10 Å². The summed E-state index contributed by atoms with van der Waals surface area (Å²) in [5.74, 6) is 0.470. The van der Waals surface area contributed by atoms with Crippen molar-refractivity contribution >= 4 is 15.9 Å². The lowest BCUT2D eigenvalue weighted by atomic mass is 9.79. The number of sulfone groups is 1. The Kier molecular flexibility index (Phi) is 4.61. The van der Waals surface area contributed by atoms with Crippen molar-refractivity contribution in [3.63, 3.8) is 0 Å². The summed E-state index contributed by atoms with van der Waals surface area (Å²) in [4.78, 5) is 14.3. The minimum Gasteiger partial charge on any atom is -0.377 e. The van der Waals surface area contributed by atoms with Crippen LogP contribution >= 0.6 is 0 Å². The monoisotopic (exact) mass is 332 g/mol. The minimum atomic E-state index is -3.03. The van der Waals surface area contributed by atoms with Crippen LogP contribution in [0.25, 0.3) is 0 Å². The molecule has 2 amide bonds. The topological polar surface area (TPSA) is 84.9 Å². The van der Waals surface area contributed by atoms with Crippen molar-refractivity contribution in [3.05, 3.63) is 0 Å². The fourth-order valence-corrected chi connectivity index (χ4v) is 5.06. The molecule has 126 valence electrons. The summed E-state index contributed by atoms with van der Waals surface area (Å²) in [5, 5.41) is 2.95. The van der Waals surface area contributed by atoms with E-state index in [2.05, 4.69) is 5.32 Å². The molecule has 0 aromatic rings. The minimum absolute atomic E-state index is 0.0541. The summed E-state index contributed by atoms with van der Waals surface area (Å²) < 4.78 is 34.5. The number of nitrogens with zero attached hydrogens (tertiary/aromatic N) is 1. The molecule has 3 atom stereocenters. The molecular formula is C14H24N2O5S. The molecule has 0 bridgehead atoms. The van der Waals surface area contributed by atoms with E-state index in [1.54, 1.807) is 12.0 Å². The average Bonchev–Trinajstić information content (AvgIpc) is 2.83. The second-order valence-electron chi connectivity index (χ2n) is 6.43. The molecule has 1 unspecified atom stereocenters. The van der Waals surface area contributed by atoms with Crippen LogP contribution in [0.5, 0.6) is 0 Å². The Morgan fingerprint density at radius 3 is 2.73 bits per heavy atom. The van der Waals surface area contributed by atoms with Crippen LogP contribution < -0.4 is 5.32 Å². The molecule has 1 aliphatic carbocycles. The number of ether oxygens (including phenoxy) is 2. The van der Waals surface area contributed by atoms with E-state index < -0.39 is 9.84 Å². The Morgan fingerprint density at radius 1 is 1.32 bits per heavy atom. The summed E-state index contributed by atoms with van der Waals surface area (Å²) in [6.45, 7) is 1.19. The fraction of sp³-hybridized carbons (Fsp3) is 0.929. The van der Waals surface area contributed by atoms with E-state index in [9.17, 15) is 13.2 Å². The van der Waals surface area contributed by atoms with Crippen LogP contribution in [-0.2, 0) is 19.3 Å². The van der Waals surface area contributed by atoms with Gasteiger partial charge in [0.25, 0.3) is 0 Å². The molecule has 0 aromatic heterocycles. The van der Waals surface area contributed by atoms with Gasteiger partial charge in [0.15, 0.2) is 9.84 Å². The molecule has 0 spiro atoms. The fourth-order valence-electron chi connectivity index (χ4n) is 3.45. The van der Waals surface area contributed by atoms with Gasteiger partial charge in [-0.05, 0) is 18.8 Å². The van der Waals surface area contributed by atoms with E-state index in [0.717, 1.165) is 19.3 Å². The maximum absolute atomic E-state index is 12.6. The number of nitrogens with one attached hydrogen (secondary N) is 1. The molecule has 1 saturated carbocycles. The summed E-state index contributed by atoms with van der Waals surface area (Å²) >= 11 is 0. The zero-order valence-corrected chi connectivity index (χ0v) is 13.7. The summed E-state index contributed by atoms with van der Waals surface area (Å²) in [5.41, 5.74) is 0. The third-order valence-electron chi connectivity index (χ3n) is 5.06. The van der Waals surface area contributed by atoms with Gasteiger partial charge in [-0.3, -0.25) is 0 Å². The van der Waals surface area contributed by atoms with Crippen molar-refractivity contribution in [2.75, 3.05) is 38.4 Å². The number of rotatable bonds is 3. The maximum Gasteiger partial charge on any atom is 0.318 e. The summed E-state index contributed by atoms with van der Waals surface area (Å²) in [7, 11) is -1.43. The van der Waals surface area contributed by atoms with Crippen LogP contribution in [0, 0.1) is 5.92 Å². The predicted octanol–water partition coefficient (Wildman–Crippen LogP) is 0.00890. The highest BCUT2D eigenvalue weighted by Gasteiger charge is 2.42. The van der Waals surface area contributed by atoms with Gasteiger partial charge in [-0.25, -0.2) is 13.2 Å². The normalized spacial score (nSPS) is 35.1. The van der Waals surface area contributed by atoms with E-state index in [0.29, 0.717) is 19.1 Å². The van der Waals surface area contributed by atoms with Crippen LogP contribution in [-0.4, -0.2) is 75.9 Å². The van der Waals surface area contributed by atoms with Crippen LogP contribution in [0.4, 0.5) is 4.79 Å². The Balaban J connectivity index is 1.67. The quantitative estimate of drug-likeness (QED) is 0.787. The van der Waals surface area contributed by atoms with Gasteiger partial charge in [0.05, 0.1) is 36.8 Å². The Labute approximate surface area is 131 Å². The maximum atomic E-state index is 12.6. The second-order valence-corrected chi connectivity index (χ2v) is 8.66. The predicted molar refractivity (Wildman–Crippen MR) is 80.4 cm³/mol. The molecular weight excluding hydrogens is 308 g/mol. The van der Waals surface area contributed by atoms with Crippen molar-refractivity contribution in [2.45, 2.75) is 37.5 Å². The van der Waals surface area contributed by atoms with Crippen LogP contribution in [0.2, 0.25) is 0 Å². The van der Waals surface area contributed by atoms with E-state index in [-0.39, 0.29) is 42.3 Å². The first-order chi connectivity index (χ1) is 10.5. The number of carbonyl (C=O) groups is 1. The molecule has 1 N–H and O–H groups in total. The Bertz CT molecular complexity index is 519. The van der Waals surface area contributed by atoms with Crippen molar-refractivity contribution in [2.24, 2.45) is 5.92 Å². The standard InChI is InChI=1S/C14H24N2O5S/c1-20-13-8-21-7-11(13)15-14(17)16-5-6-22(18,19)9-12(16)10-3-2-4-10/h10-13H,2-9H2,1H3,(H,15,17)/t11-,12?,13+/m1/s1. The average molecular weight is 332 g/mol. The third kappa shape index (κ3) is 3.23. The van der Waals surface area contributed by atoms with Gasteiger partial charge in [-0.15, -0.1) is 0 Å². The van der Waals surface area contributed by atoms with E-state index in [1.807, 2.05) is 0 Å². The van der Waals surface area contributed by atoms with Gasteiger partial charge >= 0.3 is 6.03 Å². The first-order valence-electron chi connectivity index (χ1n) is 7.88. The molecule has 0 radical (unpaired) electrons. The van der Waals surface area contributed by atoms with Crippen molar-refractivity contribution < 1.29 is 22.7 Å². The largest absolute Gasteiger partial charge is 0.377 e. The Morgan fingerprint density at radius 2 is 2.09 bits per heavy atom. The van der Waals surface area contributed by atoms with Crippen molar-refractivity contribution in [1.82, 2.24) is 10.2 Å². The summed E-state index contributed by atoms with van der Waals surface area (Å²) in [6, 6.07) is -0.543. The van der Waals surface area contributed by atoms with Gasteiger partial charge in [-0.2, -0.15) is 0 Å². The highest BCUT2D eigenvalue weighted by molar-refractivity contribution is 7.91. The molecule has 22 heavy (non-hydrogen) atoms. The van der Waals surface area contributed by atoms with Gasteiger partial charge in [0, 0.05) is 13.7 Å². The number of hydrogen-bond donors (Lipinski definition) is 1. The smallest absolute Gasteiger partial charge is 0.318 e. The SMILES string of the molecule is CO[C@H]1COC[C@H]1NC(=O)N1CCS(=O)(=O)CC1C1CCC1. The van der Waals surface area contributed by atoms with Crippen LogP contribution in [0.15, 0.2) is 0 Å². The lowest BCUT2D eigenvalue weighted by molar-refractivity contribution is 0.0713. The lowest BCUT2D eigenvalue weighted by Gasteiger charge is -2.43. The van der Waals surface area contributed by atoms with Crippen molar-refractivity contribution in [3.8, 4) is 0 Å². The molecule has 2 saturated heterocycles. The summed E-state index contributed by atoms with van der Waals surface area (Å²) in [6.07, 6.45) is 3.01. The molecule has 2 heterocycles. The first-order valence-corrected chi connectivity index (χ1v) is 9.70. The van der Waals surface area contributed by atoms with Gasteiger partial charge < -0.3 is 19.7 Å². The van der Waals surface area contributed by atoms with Gasteiger partial charge in [-0.1, -0.05) is 6.42 Å². The Hall–Kier alpha value is -0.860. The van der Waals surface area contributed by atoms with Crippen LogP contribution in [0.1, 0.15) is 19.3 Å². The lowest BCUT2D eigenvalue weighted by Crippen LogP contribution is -2.60. The number of urea groups is 1. The molecule has 0 aromatic carbocycles. The molecule has 2 aliphatic heterocycles. The molecule has 7 nitrogen and oxygen atoms in total. The number of methoxy groups -OCH3 is 1. The molecule has 8 heteroatoms. The van der Waals surface area contributed by atoms with E-state index in [1.165, 1.54) is 0 Å². The molecule has 3 fully saturated rings. The second kappa shape index (κ2) is 6.33. The zero-order valence-electron chi connectivity index (χ0n) is 12.9. The van der Waals surface area contributed by atoms with Crippen LogP contribution in [0.3, 0.4) is 0 Å². The molecule has 3 aliphatic rings. The first kappa shape index (κ1) is 16.0. The zero-order chi connectivity index (χ0) is 15.7. The highest BCUT2D eigenvalue weighted by Crippen LogP contribution is 2.34. The van der Waals surface area contributed by atoms with Crippen molar-refractivity contribution in [1.29, 1.82) is 0 Å². The number of hydrogen-bond acceptors (Lipinski definition) is 5. The highest BCUT2D eigenvalue weighted by atomic mass is 32.2. The van der Waals surface area contributed by atoms with Gasteiger partial charge in [0.2, 0.25) is 0 Å². The number of carbonyl (C=O) groups excluding carboxylic acids is 1. The third-order valence-corrected chi connectivity index (χ3v) is 6.72.